The molecule has 0 bridgehead atoms. The second kappa shape index (κ2) is 5.27. The Morgan fingerprint density at radius 2 is 2.22 bits per heavy atom. The van der Waals surface area contributed by atoms with Crippen molar-refractivity contribution < 1.29 is 4.79 Å². The maximum Gasteiger partial charge on any atom is 0.275 e. The van der Waals surface area contributed by atoms with E-state index in [0.29, 0.717) is 11.9 Å². The number of fused-ring (bicyclic) bond motifs is 1. The zero-order valence-corrected chi connectivity index (χ0v) is 9.80. The van der Waals surface area contributed by atoms with Gasteiger partial charge in [-0.2, -0.15) is 5.10 Å². The number of carbonyl (C=O) groups excluding carboxylic acids is 1. The summed E-state index contributed by atoms with van der Waals surface area (Å²) in [6, 6.07) is 7.15. The lowest BCUT2D eigenvalue weighted by Gasteiger charge is -2.05. The largest absolute Gasteiger partial charge is 0.351 e. The number of nitrogens with zero attached hydrogens (tertiary/aromatic N) is 2. The topological polar surface area (TPSA) is 64.0 Å². The van der Waals surface area contributed by atoms with E-state index in [4.69, 9.17) is 0 Å². The molecule has 1 heterocycles. The van der Waals surface area contributed by atoms with Gasteiger partial charge in [0, 0.05) is 11.9 Å². The van der Waals surface area contributed by atoms with E-state index in [1.165, 1.54) is 0 Å². The van der Waals surface area contributed by atoms with Crippen molar-refractivity contribution in [2.45, 2.75) is 6.54 Å². The third-order valence-corrected chi connectivity index (χ3v) is 2.50. The van der Waals surface area contributed by atoms with Gasteiger partial charge in [-0.3, -0.25) is 9.59 Å². The van der Waals surface area contributed by atoms with Crippen LogP contribution in [0, 0.1) is 0 Å². The van der Waals surface area contributed by atoms with Gasteiger partial charge in [-0.05, 0) is 6.07 Å². The van der Waals surface area contributed by atoms with E-state index in [1.54, 1.807) is 24.4 Å². The highest BCUT2D eigenvalue weighted by atomic mass is 16.2. The molecule has 0 saturated heterocycles. The summed E-state index contributed by atoms with van der Waals surface area (Å²) in [5.74, 6) is -0.264. The summed E-state index contributed by atoms with van der Waals surface area (Å²) in [7, 11) is 0. The first kappa shape index (κ1) is 12.0. The van der Waals surface area contributed by atoms with Crippen LogP contribution in [-0.4, -0.2) is 22.2 Å². The first-order valence-corrected chi connectivity index (χ1v) is 5.55. The molecule has 5 nitrogen and oxygen atoms in total. The highest BCUT2D eigenvalue weighted by molar-refractivity contribution is 5.81. The zero-order valence-electron chi connectivity index (χ0n) is 9.80. The average Bonchev–Trinajstić information content (AvgIpc) is 2.40. The molecule has 0 spiro atoms. The standard InChI is InChI=1S/C13H13N3O2/c1-2-7-14-12(17)9-16-13(18)11-6-4-3-5-10(11)8-15-16/h2-6,8H,1,7,9H2,(H,14,17). The van der Waals surface area contributed by atoms with E-state index < -0.39 is 0 Å². The zero-order chi connectivity index (χ0) is 13.0. The Bertz CT molecular complexity index is 646. The van der Waals surface area contributed by atoms with Gasteiger partial charge in [-0.1, -0.05) is 24.3 Å². The number of hydrogen-bond acceptors (Lipinski definition) is 3. The number of carbonyl (C=O) groups is 1. The number of benzene rings is 1. The van der Waals surface area contributed by atoms with Crippen molar-refractivity contribution in [1.29, 1.82) is 0 Å². The second-order valence-corrected chi connectivity index (χ2v) is 3.79. The minimum Gasteiger partial charge on any atom is -0.351 e. The van der Waals surface area contributed by atoms with Crippen LogP contribution in [0.5, 0.6) is 0 Å². The fourth-order valence-corrected chi connectivity index (χ4v) is 1.62. The molecule has 5 heteroatoms. The smallest absolute Gasteiger partial charge is 0.275 e. The molecule has 2 aromatic rings. The van der Waals surface area contributed by atoms with Gasteiger partial charge < -0.3 is 5.32 Å². The van der Waals surface area contributed by atoms with Crippen molar-refractivity contribution >= 4 is 16.7 Å². The second-order valence-electron chi connectivity index (χ2n) is 3.79. The Hall–Kier alpha value is -2.43. The first-order valence-electron chi connectivity index (χ1n) is 5.55. The van der Waals surface area contributed by atoms with Crippen LogP contribution in [-0.2, 0) is 11.3 Å². The number of rotatable bonds is 4. The fourth-order valence-electron chi connectivity index (χ4n) is 1.62. The van der Waals surface area contributed by atoms with Crippen molar-refractivity contribution in [2.24, 2.45) is 0 Å². The Balaban J connectivity index is 2.29. The molecule has 0 atom stereocenters. The predicted octanol–water partition coefficient (Wildman–Crippen LogP) is 0.699. The molecular weight excluding hydrogens is 230 g/mol. The molecule has 1 amide bonds. The van der Waals surface area contributed by atoms with E-state index in [-0.39, 0.29) is 18.0 Å². The average molecular weight is 243 g/mol. The van der Waals surface area contributed by atoms with Crippen LogP contribution in [0.1, 0.15) is 0 Å². The lowest BCUT2D eigenvalue weighted by Crippen LogP contribution is -2.33. The van der Waals surface area contributed by atoms with Crippen LogP contribution in [0.2, 0.25) is 0 Å². The molecule has 18 heavy (non-hydrogen) atoms. The van der Waals surface area contributed by atoms with E-state index in [9.17, 15) is 9.59 Å². The molecule has 0 aliphatic carbocycles. The summed E-state index contributed by atoms with van der Waals surface area (Å²) in [4.78, 5) is 23.5. The molecule has 0 fully saturated rings. The molecule has 1 N–H and O–H groups in total. The lowest BCUT2D eigenvalue weighted by molar-refractivity contribution is -0.121. The monoisotopic (exact) mass is 243 g/mol. The minimum atomic E-state index is -0.264. The van der Waals surface area contributed by atoms with Crippen molar-refractivity contribution in [1.82, 2.24) is 15.1 Å². The molecule has 0 radical (unpaired) electrons. The van der Waals surface area contributed by atoms with Crippen LogP contribution in [0.4, 0.5) is 0 Å². The van der Waals surface area contributed by atoms with E-state index in [1.807, 2.05) is 12.1 Å². The molecule has 0 aliphatic rings. The van der Waals surface area contributed by atoms with Crippen molar-refractivity contribution in [3.05, 3.63) is 53.5 Å². The van der Waals surface area contributed by atoms with Crippen molar-refractivity contribution in [3.63, 3.8) is 0 Å². The van der Waals surface area contributed by atoms with E-state index >= 15 is 0 Å². The summed E-state index contributed by atoms with van der Waals surface area (Å²) in [5.41, 5.74) is -0.262. The molecule has 1 aromatic heterocycles. The van der Waals surface area contributed by atoms with Crippen molar-refractivity contribution in [3.8, 4) is 0 Å². The van der Waals surface area contributed by atoms with Crippen LogP contribution in [0.3, 0.4) is 0 Å². The number of aromatic nitrogens is 2. The first-order chi connectivity index (χ1) is 8.72. The highest BCUT2D eigenvalue weighted by Gasteiger charge is 2.07. The third kappa shape index (κ3) is 2.45. The summed E-state index contributed by atoms with van der Waals surface area (Å²) in [6.45, 7) is 3.79. The number of nitrogens with one attached hydrogen (secondary N) is 1. The Labute approximate surface area is 104 Å². The summed E-state index contributed by atoms with van der Waals surface area (Å²) in [5, 5.41) is 7.90. The predicted molar refractivity (Wildman–Crippen MR) is 69.2 cm³/mol. The molecule has 0 saturated carbocycles. The minimum absolute atomic E-state index is 0.0858. The van der Waals surface area contributed by atoms with E-state index in [0.717, 1.165) is 10.1 Å². The Morgan fingerprint density at radius 1 is 1.44 bits per heavy atom. The molecule has 1 aromatic carbocycles. The van der Waals surface area contributed by atoms with Crippen LogP contribution >= 0.6 is 0 Å². The van der Waals surface area contributed by atoms with Gasteiger partial charge in [-0.25, -0.2) is 4.68 Å². The van der Waals surface area contributed by atoms with Gasteiger partial charge in [-0.15, -0.1) is 6.58 Å². The normalized spacial score (nSPS) is 10.2. The molecular formula is C13H13N3O2. The lowest BCUT2D eigenvalue weighted by atomic mass is 10.2. The molecule has 0 aliphatic heterocycles. The highest BCUT2D eigenvalue weighted by Crippen LogP contribution is 2.05. The summed E-state index contributed by atoms with van der Waals surface area (Å²) < 4.78 is 1.15. The maximum absolute atomic E-state index is 12.0. The van der Waals surface area contributed by atoms with Crippen LogP contribution in [0.25, 0.3) is 10.8 Å². The fraction of sp³-hybridized carbons (Fsp3) is 0.154. The van der Waals surface area contributed by atoms with E-state index in [2.05, 4.69) is 17.0 Å². The van der Waals surface area contributed by atoms with Gasteiger partial charge in [0.2, 0.25) is 5.91 Å². The van der Waals surface area contributed by atoms with Crippen LogP contribution < -0.4 is 10.9 Å². The SMILES string of the molecule is C=CCNC(=O)Cn1ncc2ccccc2c1=O. The Morgan fingerprint density at radius 3 is 3.00 bits per heavy atom. The maximum atomic E-state index is 12.0. The third-order valence-electron chi connectivity index (χ3n) is 2.50. The molecule has 0 unspecified atom stereocenters. The molecule has 92 valence electrons. The summed E-state index contributed by atoms with van der Waals surface area (Å²) in [6.07, 6.45) is 3.16. The van der Waals surface area contributed by atoms with Gasteiger partial charge in [0.1, 0.15) is 6.54 Å². The summed E-state index contributed by atoms with van der Waals surface area (Å²) >= 11 is 0. The van der Waals surface area contributed by atoms with Gasteiger partial charge in [0.15, 0.2) is 0 Å². The Kier molecular flexibility index (Phi) is 3.52. The van der Waals surface area contributed by atoms with Gasteiger partial charge in [0.05, 0.1) is 11.6 Å². The molecule has 2 rings (SSSR count). The quantitative estimate of drug-likeness (QED) is 0.804. The van der Waals surface area contributed by atoms with Gasteiger partial charge >= 0.3 is 0 Å². The van der Waals surface area contributed by atoms with Gasteiger partial charge in [0.25, 0.3) is 5.56 Å². The number of amides is 1. The van der Waals surface area contributed by atoms with Crippen LogP contribution in [0.15, 0.2) is 47.9 Å². The van der Waals surface area contributed by atoms with Crippen molar-refractivity contribution in [2.75, 3.05) is 6.54 Å². The number of hydrogen-bond donors (Lipinski definition) is 1.